The average molecular weight is 473 g/mol. The Morgan fingerprint density at radius 1 is 1.09 bits per heavy atom. The van der Waals surface area contributed by atoms with E-state index in [1.807, 2.05) is 24.3 Å². The first-order chi connectivity index (χ1) is 15.6. The average Bonchev–Trinajstić information content (AvgIpc) is 3.41. The van der Waals surface area contributed by atoms with Gasteiger partial charge in [0.2, 0.25) is 5.91 Å². The van der Waals surface area contributed by atoms with Crippen LogP contribution in [0.3, 0.4) is 0 Å². The number of aliphatic carboxylic acids is 1. The summed E-state index contributed by atoms with van der Waals surface area (Å²) in [6.45, 7) is 0.625. The van der Waals surface area contributed by atoms with Crippen LogP contribution in [0.4, 0.5) is 4.79 Å². The second kappa shape index (κ2) is 10.3. The maximum absolute atomic E-state index is 12.2. The SMILES string of the molecule is O=C(NCCSCC(=O)N1CSCC1C(=O)O)OCC1c2ccccc2-c2ccccc21. The Kier molecular flexibility index (Phi) is 7.26. The van der Waals surface area contributed by atoms with Crippen molar-refractivity contribution in [3.8, 4) is 11.1 Å². The molecular weight excluding hydrogens is 448 g/mol. The fourth-order valence-corrected chi connectivity index (χ4v) is 5.91. The molecule has 1 saturated heterocycles. The number of nitrogens with one attached hydrogen (secondary N) is 1. The van der Waals surface area contributed by atoms with E-state index in [1.54, 1.807) is 0 Å². The van der Waals surface area contributed by atoms with Crippen LogP contribution in [0, 0.1) is 0 Å². The summed E-state index contributed by atoms with van der Waals surface area (Å²) in [5, 5.41) is 11.9. The van der Waals surface area contributed by atoms with E-state index in [9.17, 15) is 14.4 Å². The van der Waals surface area contributed by atoms with Gasteiger partial charge in [-0.2, -0.15) is 11.8 Å². The molecule has 1 aliphatic heterocycles. The van der Waals surface area contributed by atoms with Crippen molar-refractivity contribution in [2.45, 2.75) is 12.0 Å². The molecule has 1 aliphatic carbocycles. The first-order valence-electron chi connectivity index (χ1n) is 10.3. The third kappa shape index (κ3) is 4.88. The van der Waals surface area contributed by atoms with Gasteiger partial charge in [0.1, 0.15) is 12.6 Å². The van der Waals surface area contributed by atoms with Crippen molar-refractivity contribution in [2.24, 2.45) is 0 Å². The van der Waals surface area contributed by atoms with Crippen LogP contribution in [0.2, 0.25) is 0 Å². The minimum atomic E-state index is -0.967. The van der Waals surface area contributed by atoms with Crippen molar-refractivity contribution < 1.29 is 24.2 Å². The molecule has 0 radical (unpaired) electrons. The lowest BCUT2D eigenvalue weighted by Gasteiger charge is -2.20. The number of nitrogens with zero attached hydrogens (tertiary/aromatic N) is 1. The second-order valence-electron chi connectivity index (χ2n) is 7.52. The zero-order valence-electron chi connectivity index (χ0n) is 17.4. The lowest BCUT2D eigenvalue weighted by atomic mass is 9.98. The summed E-state index contributed by atoms with van der Waals surface area (Å²) in [6.07, 6.45) is -0.485. The third-order valence-electron chi connectivity index (χ3n) is 5.57. The van der Waals surface area contributed by atoms with E-state index in [-0.39, 0.29) is 24.2 Å². The number of amides is 2. The number of rotatable bonds is 8. The third-order valence-corrected chi connectivity index (χ3v) is 7.53. The van der Waals surface area contributed by atoms with Crippen LogP contribution in [0.25, 0.3) is 11.1 Å². The van der Waals surface area contributed by atoms with Crippen molar-refractivity contribution in [1.82, 2.24) is 10.2 Å². The van der Waals surface area contributed by atoms with Gasteiger partial charge in [0, 0.05) is 24.0 Å². The molecule has 2 aliphatic rings. The van der Waals surface area contributed by atoms with E-state index in [1.165, 1.54) is 39.6 Å². The number of carbonyl (C=O) groups excluding carboxylic acids is 2. The molecule has 2 amide bonds. The summed E-state index contributed by atoms with van der Waals surface area (Å²) < 4.78 is 5.49. The summed E-state index contributed by atoms with van der Waals surface area (Å²) in [5.74, 6) is 0.425. The van der Waals surface area contributed by atoms with Crippen LogP contribution < -0.4 is 5.32 Å². The summed E-state index contributed by atoms with van der Waals surface area (Å²) in [6, 6.07) is 15.6. The van der Waals surface area contributed by atoms with Crippen molar-refractivity contribution in [1.29, 1.82) is 0 Å². The summed E-state index contributed by atoms with van der Waals surface area (Å²) in [5.41, 5.74) is 4.69. The fraction of sp³-hybridized carbons (Fsp3) is 0.348. The molecule has 2 aromatic carbocycles. The van der Waals surface area contributed by atoms with Gasteiger partial charge in [-0.3, -0.25) is 4.79 Å². The van der Waals surface area contributed by atoms with Crippen LogP contribution >= 0.6 is 23.5 Å². The van der Waals surface area contributed by atoms with E-state index in [0.29, 0.717) is 23.9 Å². The Morgan fingerprint density at radius 3 is 2.41 bits per heavy atom. The lowest BCUT2D eigenvalue weighted by molar-refractivity contribution is -0.146. The predicted molar refractivity (Wildman–Crippen MR) is 126 cm³/mol. The molecule has 9 heteroatoms. The molecule has 1 atom stereocenters. The van der Waals surface area contributed by atoms with Gasteiger partial charge < -0.3 is 20.1 Å². The molecule has 1 heterocycles. The Hall–Kier alpha value is -2.65. The molecule has 0 bridgehead atoms. The van der Waals surface area contributed by atoms with Gasteiger partial charge in [0.25, 0.3) is 0 Å². The molecular formula is C23H24N2O5S2. The number of thioether (sulfide) groups is 2. The molecule has 0 saturated carbocycles. The summed E-state index contributed by atoms with van der Waals surface area (Å²) in [7, 11) is 0. The zero-order chi connectivity index (χ0) is 22.5. The summed E-state index contributed by atoms with van der Waals surface area (Å²) in [4.78, 5) is 37.0. The van der Waals surface area contributed by atoms with Crippen LogP contribution in [-0.4, -0.2) is 70.3 Å². The standard InChI is InChI=1S/C23H24N2O5S2/c26-21(25-14-32-12-20(25)22(27)28)13-31-10-9-24-23(29)30-11-19-17-7-3-1-5-15(17)16-6-2-4-8-18(16)19/h1-8,19-20H,9-14H2,(H,24,29)(H,27,28). The Balaban J connectivity index is 1.19. The number of ether oxygens (including phenoxy) is 1. The number of alkyl carbamates (subject to hydrolysis) is 1. The smallest absolute Gasteiger partial charge is 0.407 e. The van der Waals surface area contributed by atoms with E-state index in [0.717, 1.165) is 11.1 Å². The summed E-state index contributed by atoms with van der Waals surface area (Å²) >= 11 is 2.81. The molecule has 1 unspecified atom stereocenters. The van der Waals surface area contributed by atoms with E-state index in [4.69, 9.17) is 9.84 Å². The van der Waals surface area contributed by atoms with E-state index < -0.39 is 18.1 Å². The second-order valence-corrected chi connectivity index (χ2v) is 9.63. The first-order valence-corrected chi connectivity index (χ1v) is 12.6. The van der Waals surface area contributed by atoms with Crippen LogP contribution in [-0.2, 0) is 14.3 Å². The number of hydrogen-bond donors (Lipinski definition) is 2. The van der Waals surface area contributed by atoms with Crippen molar-refractivity contribution in [3.05, 3.63) is 59.7 Å². The van der Waals surface area contributed by atoms with Crippen LogP contribution in [0.1, 0.15) is 17.0 Å². The fourth-order valence-electron chi connectivity index (χ4n) is 4.01. The maximum Gasteiger partial charge on any atom is 0.407 e. The molecule has 4 rings (SSSR count). The Morgan fingerprint density at radius 2 is 1.75 bits per heavy atom. The highest BCUT2D eigenvalue weighted by atomic mass is 32.2. The van der Waals surface area contributed by atoms with Gasteiger partial charge in [-0.05, 0) is 22.3 Å². The minimum Gasteiger partial charge on any atom is -0.480 e. The molecule has 2 N–H and O–H groups in total. The highest BCUT2D eigenvalue weighted by Gasteiger charge is 2.34. The molecule has 2 aromatic rings. The highest BCUT2D eigenvalue weighted by Crippen LogP contribution is 2.44. The number of benzene rings is 2. The Bertz CT molecular complexity index is 970. The maximum atomic E-state index is 12.2. The van der Waals surface area contributed by atoms with Crippen LogP contribution in [0.15, 0.2) is 48.5 Å². The van der Waals surface area contributed by atoms with Gasteiger partial charge in [0.15, 0.2) is 0 Å². The number of hydrogen-bond acceptors (Lipinski definition) is 6. The number of carboxylic acids is 1. The van der Waals surface area contributed by atoms with E-state index in [2.05, 4.69) is 29.6 Å². The lowest BCUT2D eigenvalue weighted by Crippen LogP contribution is -2.42. The zero-order valence-corrected chi connectivity index (χ0v) is 19.0. The van der Waals surface area contributed by atoms with Crippen molar-refractivity contribution in [3.63, 3.8) is 0 Å². The molecule has 0 aromatic heterocycles. The molecule has 0 spiro atoms. The monoisotopic (exact) mass is 472 g/mol. The minimum absolute atomic E-state index is 0.0145. The largest absolute Gasteiger partial charge is 0.480 e. The van der Waals surface area contributed by atoms with E-state index >= 15 is 0 Å². The van der Waals surface area contributed by atoms with Crippen molar-refractivity contribution >= 4 is 41.5 Å². The first kappa shape index (κ1) is 22.5. The van der Waals surface area contributed by atoms with Crippen LogP contribution in [0.5, 0.6) is 0 Å². The Labute approximate surface area is 194 Å². The van der Waals surface area contributed by atoms with Crippen molar-refractivity contribution in [2.75, 3.05) is 36.3 Å². The van der Waals surface area contributed by atoms with Gasteiger partial charge in [-0.1, -0.05) is 48.5 Å². The molecule has 1 fully saturated rings. The topological polar surface area (TPSA) is 95.9 Å². The van der Waals surface area contributed by atoms with Gasteiger partial charge in [-0.25, -0.2) is 9.59 Å². The normalized spacial score (nSPS) is 17.0. The highest BCUT2D eigenvalue weighted by molar-refractivity contribution is 8.00. The number of fused-ring (bicyclic) bond motifs is 3. The molecule has 32 heavy (non-hydrogen) atoms. The number of carboxylic acid groups (broad SMARTS) is 1. The van der Waals surface area contributed by atoms with Gasteiger partial charge >= 0.3 is 12.1 Å². The molecule has 168 valence electrons. The number of carbonyl (C=O) groups is 3. The van der Waals surface area contributed by atoms with Gasteiger partial charge in [0.05, 0.1) is 11.6 Å². The predicted octanol–water partition coefficient (Wildman–Crippen LogP) is 3.24. The molecule has 7 nitrogen and oxygen atoms in total. The quantitative estimate of drug-likeness (QED) is 0.570. The van der Waals surface area contributed by atoms with Gasteiger partial charge in [-0.15, -0.1) is 11.8 Å².